The quantitative estimate of drug-likeness (QED) is 0.679. The van der Waals surface area contributed by atoms with Crippen LogP contribution in [0.1, 0.15) is 5.56 Å². The van der Waals surface area contributed by atoms with E-state index in [1.807, 2.05) is 0 Å². The lowest BCUT2D eigenvalue weighted by molar-refractivity contribution is 0.246. The van der Waals surface area contributed by atoms with Crippen LogP contribution in [0.4, 0.5) is 10.2 Å². The highest BCUT2D eigenvalue weighted by molar-refractivity contribution is 6.32. The van der Waals surface area contributed by atoms with Crippen LogP contribution in [0.5, 0.6) is 0 Å². The van der Waals surface area contributed by atoms with Crippen molar-refractivity contribution in [2.75, 3.05) is 31.1 Å². The van der Waals surface area contributed by atoms with Crippen molar-refractivity contribution in [2.24, 2.45) is 0 Å². The summed E-state index contributed by atoms with van der Waals surface area (Å²) in [6.07, 6.45) is 3.35. The molecule has 3 heterocycles. The Kier molecular flexibility index (Phi) is 4.89. The maximum Gasteiger partial charge on any atom is 0.172 e. The Labute approximate surface area is 160 Å². The predicted octanol–water partition coefficient (Wildman–Crippen LogP) is 3.79. The van der Waals surface area contributed by atoms with Crippen molar-refractivity contribution in [3.05, 3.63) is 58.2 Å². The molecule has 5 nitrogen and oxygen atoms in total. The van der Waals surface area contributed by atoms with E-state index >= 15 is 0 Å². The van der Waals surface area contributed by atoms with Gasteiger partial charge in [0, 0.05) is 49.5 Å². The monoisotopic (exact) mass is 391 g/mol. The molecule has 0 bridgehead atoms. The van der Waals surface area contributed by atoms with Crippen LogP contribution in [0.15, 0.2) is 36.7 Å². The molecule has 1 aliphatic rings. The standard InChI is InChI=1S/C18H16Cl2FN5/c19-13-1-2-14(21)12(9-13)11-25-5-7-26(8-6-25)18-17(20)23-15-3-4-22-10-16(15)24-18/h1-4,9-10H,5-8,11H2. The molecule has 4 rings (SSSR count). The van der Waals surface area contributed by atoms with E-state index in [1.165, 1.54) is 6.07 Å². The molecule has 0 unspecified atom stereocenters. The molecule has 1 saturated heterocycles. The van der Waals surface area contributed by atoms with Crippen LogP contribution >= 0.6 is 23.2 Å². The van der Waals surface area contributed by atoms with Crippen LogP contribution in [-0.2, 0) is 6.54 Å². The molecule has 0 radical (unpaired) electrons. The second kappa shape index (κ2) is 7.31. The third-order valence-corrected chi connectivity index (χ3v) is 4.97. The summed E-state index contributed by atoms with van der Waals surface area (Å²) in [6, 6.07) is 6.44. The first-order valence-corrected chi connectivity index (χ1v) is 9.04. The molecule has 1 fully saturated rings. The first-order valence-electron chi connectivity index (χ1n) is 8.28. The minimum Gasteiger partial charge on any atom is -0.351 e. The van der Waals surface area contributed by atoms with Crippen molar-refractivity contribution in [1.29, 1.82) is 0 Å². The number of hydrogen-bond acceptors (Lipinski definition) is 5. The molecule has 3 aromatic rings. The molecule has 134 valence electrons. The molecular formula is C18H16Cl2FN5. The fourth-order valence-corrected chi connectivity index (χ4v) is 3.55. The summed E-state index contributed by atoms with van der Waals surface area (Å²) in [5, 5.41) is 0.935. The van der Waals surface area contributed by atoms with E-state index in [0.29, 0.717) is 28.1 Å². The lowest BCUT2D eigenvalue weighted by Crippen LogP contribution is -2.46. The SMILES string of the molecule is Fc1ccc(Cl)cc1CN1CCN(c2nc3cnccc3nc2Cl)CC1. The molecule has 0 saturated carbocycles. The van der Waals surface area contributed by atoms with E-state index in [2.05, 4.69) is 24.8 Å². The summed E-state index contributed by atoms with van der Waals surface area (Å²) in [6.45, 7) is 3.55. The van der Waals surface area contributed by atoms with Gasteiger partial charge in [0.25, 0.3) is 0 Å². The molecule has 0 N–H and O–H groups in total. The van der Waals surface area contributed by atoms with Crippen molar-refractivity contribution < 1.29 is 4.39 Å². The van der Waals surface area contributed by atoms with E-state index < -0.39 is 0 Å². The Hall–Kier alpha value is -2.02. The van der Waals surface area contributed by atoms with Gasteiger partial charge in [-0.05, 0) is 24.3 Å². The zero-order valence-corrected chi connectivity index (χ0v) is 15.4. The van der Waals surface area contributed by atoms with Gasteiger partial charge in [-0.1, -0.05) is 23.2 Å². The Morgan fingerprint density at radius 3 is 2.62 bits per heavy atom. The Morgan fingerprint density at radius 2 is 1.81 bits per heavy atom. The van der Waals surface area contributed by atoms with Crippen LogP contribution in [0.25, 0.3) is 11.0 Å². The average Bonchev–Trinajstić information content (AvgIpc) is 2.65. The third-order valence-electron chi connectivity index (χ3n) is 4.48. The largest absolute Gasteiger partial charge is 0.351 e. The van der Waals surface area contributed by atoms with Crippen LogP contribution in [-0.4, -0.2) is 46.0 Å². The van der Waals surface area contributed by atoms with Crippen LogP contribution < -0.4 is 4.90 Å². The van der Waals surface area contributed by atoms with E-state index in [0.717, 1.165) is 37.2 Å². The summed E-state index contributed by atoms with van der Waals surface area (Å²) in [5.41, 5.74) is 2.06. The summed E-state index contributed by atoms with van der Waals surface area (Å²) < 4.78 is 13.9. The van der Waals surface area contributed by atoms with Gasteiger partial charge in [0.1, 0.15) is 11.3 Å². The number of pyridine rings is 1. The van der Waals surface area contributed by atoms with Gasteiger partial charge in [-0.15, -0.1) is 0 Å². The topological polar surface area (TPSA) is 45.2 Å². The summed E-state index contributed by atoms with van der Waals surface area (Å²) in [5.74, 6) is 0.438. The van der Waals surface area contributed by atoms with Gasteiger partial charge < -0.3 is 4.90 Å². The van der Waals surface area contributed by atoms with E-state index in [1.54, 1.807) is 30.6 Å². The second-order valence-electron chi connectivity index (χ2n) is 6.20. The third kappa shape index (κ3) is 3.58. The molecule has 8 heteroatoms. The number of aromatic nitrogens is 3. The van der Waals surface area contributed by atoms with Crippen LogP contribution in [0, 0.1) is 5.82 Å². The highest BCUT2D eigenvalue weighted by Gasteiger charge is 2.22. The fourth-order valence-electron chi connectivity index (χ4n) is 3.10. The van der Waals surface area contributed by atoms with Crippen molar-refractivity contribution in [3.63, 3.8) is 0 Å². The fraction of sp³-hybridized carbons (Fsp3) is 0.278. The minimum atomic E-state index is -0.229. The number of nitrogens with zero attached hydrogens (tertiary/aromatic N) is 5. The summed E-state index contributed by atoms with van der Waals surface area (Å²) >= 11 is 12.3. The van der Waals surface area contributed by atoms with Gasteiger partial charge in [0.2, 0.25) is 0 Å². The van der Waals surface area contributed by atoms with Gasteiger partial charge in [0.05, 0.1) is 11.7 Å². The van der Waals surface area contributed by atoms with Gasteiger partial charge in [-0.3, -0.25) is 9.88 Å². The predicted molar refractivity (Wildman–Crippen MR) is 101 cm³/mol. The van der Waals surface area contributed by atoms with E-state index in [9.17, 15) is 4.39 Å². The lowest BCUT2D eigenvalue weighted by atomic mass is 10.2. The molecule has 0 atom stereocenters. The number of rotatable bonds is 3. The van der Waals surface area contributed by atoms with E-state index in [-0.39, 0.29) is 5.82 Å². The number of fused-ring (bicyclic) bond motifs is 1. The first-order chi connectivity index (χ1) is 12.6. The van der Waals surface area contributed by atoms with Crippen LogP contribution in [0.2, 0.25) is 10.2 Å². The highest BCUT2D eigenvalue weighted by atomic mass is 35.5. The Morgan fingerprint density at radius 1 is 1.00 bits per heavy atom. The molecule has 1 aromatic carbocycles. The van der Waals surface area contributed by atoms with Crippen molar-refractivity contribution in [1.82, 2.24) is 19.9 Å². The highest BCUT2D eigenvalue weighted by Crippen LogP contribution is 2.26. The maximum atomic E-state index is 13.9. The second-order valence-corrected chi connectivity index (χ2v) is 7.00. The first kappa shape index (κ1) is 17.4. The number of anilines is 1. The van der Waals surface area contributed by atoms with Gasteiger partial charge in [-0.2, -0.15) is 0 Å². The van der Waals surface area contributed by atoms with Gasteiger partial charge in [-0.25, -0.2) is 14.4 Å². The maximum absolute atomic E-state index is 13.9. The average molecular weight is 392 g/mol. The molecule has 0 amide bonds. The van der Waals surface area contributed by atoms with Gasteiger partial charge in [0.15, 0.2) is 11.0 Å². The smallest absolute Gasteiger partial charge is 0.172 e. The minimum absolute atomic E-state index is 0.229. The molecule has 0 spiro atoms. The van der Waals surface area contributed by atoms with Crippen LogP contribution in [0.3, 0.4) is 0 Å². The number of piperazine rings is 1. The van der Waals surface area contributed by atoms with Gasteiger partial charge >= 0.3 is 0 Å². The molecule has 2 aromatic heterocycles. The normalized spacial score (nSPS) is 15.6. The van der Waals surface area contributed by atoms with E-state index in [4.69, 9.17) is 23.2 Å². The van der Waals surface area contributed by atoms with Crippen molar-refractivity contribution in [3.8, 4) is 0 Å². The lowest BCUT2D eigenvalue weighted by Gasteiger charge is -2.35. The Bertz CT molecular complexity index is 944. The molecule has 26 heavy (non-hydrogen) atoms. The zero-order valence-electron chi connectivity index (χ0n) is 13.9. The number of benzene rings is 1. The Balaban J connectivity index is 1.47. The molecule has 1 aliphatic heterocycles. The number of halogens is 3. The summed E-state index contributed by atoms with van der Waals surface area (Å²) in [4.78, 5) is 17.4. The zero-order chi connectivity index (χ0) is 18.1. The molecular weight excluding hydrogens is 376 g/mol. The van der Waals surface area contributed by atoms with Crippen molar-refractivity contribution in [2.45, 2.75) is 6.54 Å². The number of hydrogen-bond donors (Lipinski definition) is 0. The summed E-state index contributed by atoms with van der Waals surface area (Å²) in [7, 11) is 0. The molecule has 0 aliphatic carbocycles. The van der Waals surface area contributed by atoms with Crippen molar-refractivity contribution >= 4 is 40.1 Å².